The summed E-state index contributed by atoms with van der Waals surface area (Å²) < 4.78 is 0. The fourth-order valence-electron chi connectivity index (χ4n) is 1.98. The van der Waals surface area contributed by atoms with Crippen molar-refractivity contribution in [1.82, 2.24) is 10.6 Å². The van der Waals surface area contributed by atoms with E-state index in [-0.39, 0.29) is 17.6 Å². The molecule has 2 amide bonds. The van der Waals surface area contributed by atoms with Crippen molar-refractivity contribution in [2.45, 2.75) is 11.3 Å². The number of thioether (sulfide) groups is 1. The van der Waals surface area contributed by atoms with E-state index in [1.165, 1.54) is 23.9 Å². The molecule has 0 saturated carbocycles. The Hall–Kier alpha value is -2.47. The van der Waals surface area contributed by atoms with Gasteiger partial charge in [0.1, 0.15) is 5.75 Å². The van der Waals surface area contributed by atoms with E-state index < -0.39 is 0 Å². The Labute approximate surface area is 145 Å². The summed E-state index contributed by atoms with van der Waals surface area (Å²) in [5.41, 5.74) is 0.415. The molecule has 0 radical (unpaired) electrons. The van der Waals surface area contributed by atoms with Gasteiger partial charge in [0.05, 0.1) is 5.75 Å². The first kappa shape index (κ1) is 17.9. The van der Waals surface area contributed by atoms with Crippen molar-refractivity contribution in [3.05, 3.63) is 60.2 Å². The lowest BCUT2D eigenvalue weighted by molar-refractivity contribution is -0.118. The molecule has 0 spiro atoms. The minimum absolute atomic E-state index is 0.0249. The topological polar surface area (TPSA) is 78.4 Å². The van der Waals surface area contributed by atoms with Crippen LogP contribution in [0.3, 0.4) is 0 Å². The van der Waals surface area contributed by atoms with Gasteiger partial charge in [-0.25, -0.2) is 0 Å². The molecular formula is C18H20N2O3S. The van der Waals surface area contributed by atoms with Gasteiger partial charge in [0.2, 0.25) is 5.91 Å². The number of carbonyl (C=O) groups excluding carboxylic acids is 2. The Bertz CT molecular complexity index is 677. The molecule has 6 heteroatoms. The third kappa shape index (κ3) is 6.34. The van der Waals surface area contributed by atoms with Gasteiger partial charge in [-0.05, 0) is 36.8 Å². The van der Waals surface area contributed by atoms with Crippen LogP contribution in [0.2, 0.25) is 0 Å². The van der Waals surface area contributed by atoms with Gasteiger partial charge >= 0.3 is 0 Å². The molecule has 126 valence electrons. The molecule has 0 bridgehead atoms. The number of rotatable bonds is 8. The second-order valence-corrected chi connectivity index (χ2v) is 6.16. The number of phenols is 1. The van der Waals surface area contributed by atoms with E-state index in [2.05, 4.69) is 10.6 Å². The summed E-state index contributed by atoms with van der Waals surface area (Å²) in [6, 6.07) is 15.9. The Morgan fingerprint density at radius 3 is 2.46 bits per heavy atom. The number of hydrogen-bond donors (Lipinski definition) is 3. The van der Waals surface area contributed by atoms with Crippen LogP contribution in [0.25, 0.3) is 0 Å². The number of nitrogens with one attached hydrogen (secondary N) is 2. The number of hydrogen-bond acceptors (Lipinski definition) is 4. The second kappa shape index (κ2) is 9.62. The van der Waals surface area contributed by atoms with Crippen LogP contribution in [-0.2, 0) is 4.79 Å². The SMILES string of the molecule is O=C(CSc1ccccc1)NCCCNC(=O)c1cccc(O)c1. The Balaban J connectivity index is 1.57. The molecular weight excluding hydrogens is 324 g/mol. The predicted molar refractivity (Wildman–Crippen MR) is 95.2 cm³/mol. The van der Waals surface area contributed by atoms with Crippen LogP contribution in [-0.4, -0.2) is 35.8 Å². The normalized spacial score (nSPS) is 10.2. The van der Waals surface area contributed by atoms with Crippen molar-refractivity contribution < 1.29 is 14.7 Å². The first-order chi connectivity index (χ1) is 11.6. The highest BCUT2D eigenvalue weighted by Gasteiger charge is 2.05. The number of aromatic hydroxyl groups is 1. The molecule has 0 aliphatic rings. The van der Waals surface area contributed by atoms with Gasteiger partial charge in [-0.2, -0.15) is 0 Å². The van der Waals surface area contributed by atoms with Gasteiger partial charge in [-0.15, -0.1) is 11.8 Å². The highest BCUT2D eigenvalue weighted by Crippen LogP contribution is 2.16. The minimum Gasteiger partial charge on any atom is -0.508 e. The Morgan fingerprint density at radius 2 is 1.71 bits per heavy atom. The van der Waals surface area contributed by atoms with Crippen molar-refractivity contribution in [3.8, 4) is 5.75 Å². The zero-order valence-corrected chi connectivity index (χ0v) is 14.0. The average Bonchev–Trinajstić information content (AvgIpc) is 2.60. The highest BCUT2D eigenvalue weighted by molar-refractivity contribution is 8.00. The standard InChI is InChI=1S/C18H20N2O3S/c21-15-7-4-6-14(12-15)18(23)20-11-5-10-19-17(22)13-24-16-8-2-1-3-9-16/h1-4,6-9,12,21H,5,10-11,13H2,(H,19,22)(H,20,23). The quantitative estimate of drug-likeness (QED) is 0.508. The molecule has 0 aliphatic heterocycles. The summed E-state index contributed by atoms with van der Waals surface area (Å²) in [6.45, 7) is 0.967. The fraction of sp³-hybridized carbons (Fsp3) is 0.222. The molecule has 2 aromatic carbocycles. The summed E-state index contributed by atoms with van der Waals surface area (Å²) in [5.74, 6) is 0.172. The van der Waals surface area contributed by atoms with E-state index in [1.807, 2.05) is 30.3 Å². The van der Waals surface area contributed by atoms with Crippen LogP contribution in [0.15, 0.2) is 59.5 Å². The van der Waals surface area contributed by atoms with Crippen LogP contribution in [0.1, 0.15) is 16.8 Å². The molecule has 0 aliphatic carbocycles. The van der Waals surface area contributed by atoms with Gasteiger partial charge in [-0.1, -0.05) is 24.3 Å². The number of carbonyl (C=O) groups is 2. The predicted octanol–water partition coefficient (Wildman–Crippen LogP) is 2.42. The first-order valence-corrected chi connectivity index (χ1v) is 8.65. The zero-order chi connectivity index (χ0) is 17.2. The minimum atomic E-state index is -0.239. The second-order valence-electron chi connectivity index (χ2n) is 5.11. The van der Waals surface area contributed by atoms with Crippen molar-refractivity contribution in [3.63, 3.8) is 0 Å². The van der Waals surface area contributed by atoms with E-state index in [9.17, 15) is 14.7 Å². The fourth-order valence-corrected chi connectivity index (χ4v) is 2.73. The molecule has 0 fully saturated rings. The molecule has 0 saturated heterocycles. The van der Waals surface area contributed by atoms with E-state index in [4.69, 9.17) is 0 Å². The van der Waals surface area contributed by atoms with E-state index in [0.29, 0.717) is 30.8 Å². The lowest BCUT2D eigenvalue weighted by atomic mass is 10.2. The average molecular weight is 344 g/mol. The third-order valence-corrected chi connectivity index (χ3v) is 4.19. The van der Waals surface area contributed by atoms with Crippen LogP contribution in [0, 0.1) is 0 Å². The molecule has 0 heterocycles. The van der Waals surface area contributed by atoms with Gasteiger partial charge in [0, 0.05) is 23.5 Å². The summed E-state index contributed by atoms with van der Waals surface area (Å²) in [5, 5.41) is 14.9. The van der Waals surface area contributed by atoms with Gasteiger partial charge < -0.3 is 15.7 Å². The summed E-state index contributed by atoms with van der Waals surface area (Å²) in [4.78, 5) is 24.6. The van der Waals surface area contributed by atoms with Crippen molar-refractivity contribution in [1.29, 1.82) is 0 Å². The summed E-state index contributed by atoms with van der Waals surface area (Å²) in [6.07, 6.45) is 0.645. The molecule has 0 atom stereocenters. The van der Waals surface area contributed by atoms with Crippen LogP contribution in [0.4, 0.5) is 0 Å². The van der Waals surface area contributed by atoms with E-state index in [1.54, 1.807) is 12.1 Å². The lowest BCUT2D eigenvalue weighted by Crippen LogP contribution is -2.30. The van der Waals surface area contributed by atoms with Crippen LogP contribution in [0.5, 0.6) is 5.75 Å². The largest absolute Gasteiger partial charge is 0.508 e. The van der Waals surface area contributed by atoms with E-state index in [0.717, 1.165) is 4.90 Å². The van der Waals surface area contributed by atoms with E-state index >= 15 is 0 Å². The van der Waals surface area contributed by atoms with Crippen molar-refractivity contribution >= 4 is 23.6 Å². The Kier molecular flexibility index (Phi) is 7.17. The molecule has 2 rings (SSSR count). The first-order valence-electron chi connectivity index (χ1n) is 7.67. The maximum absolute atomic E-state index is 11.8. The Morgan fingerprint density at radius 1 is 0.958 bits per heavy atom. The molecule has 0 unspecified atom stereocenters. The van der Waals surface area contributed by atoms with Crippen LogP contribution >= 0.6 is 11.8 Å². The number of benzene rings is 2. The van der Waals surface area contributed by atoms with Gasteiger partial charge in [-0.3, -0.25) is 9.59 Å². The summed E-state index contributed by atoms with van der Waals surface area (Å²) in [7, 11) is 0. The third-order valence-electron chi connectivity index (χ3n) is 3.18. The maximum atomic E-state index is 11.8. The maximum Gasteiger partial charge on any atom is 0.251 e. The molecule has 0 aromatic heterocycles. The molecule has 2 aromatic rings. The monoisotopic (exact) mass is 344 g/mol. The number of phenolic OH excluding ortho intramolecular Hbond substituents is 1. The van der Waals surface area contributed by atoms with Crippen molar-refractivity contribution in [2.24, 2.45) is 0 Å². The van der Waals surface area contributed by atoms with Gasteiger partial charge in [0.25, 0.3) is 5.91 Å². The van der Waals surface area contributed by atoms with Crippen molar-refractivity contribution in [2.75, 3.05) is 18.8 Å². The number of amides is 2. The smallest absolute Gasteiger partial charge is 0.251 e. The highest BCUT2D eigenvalue weighted by atomic mass is 32.2. The van der Waals surface area contributed by atoms with Crippen LogP contribution < -0.4 is 10.6 Å². The molecule has 5 nitrogen and oxygen atoms in total. The lowest BCUT2D eigenvalue weighted by Gasteiger charge is -2.07. The summed E-state index contributed by atoms with van der Waals surface area (Å²) >= 11 is 1.49. The molecule has 24 heavy (non-hydrogen) atoms. The molecule has 3 N–H and O–H groups in total. The van der Waals surface area contributed by atoms with Gasteiger partial charge in [0.15, 0.2) is 0 Å². The zero-order valence-electron chi connectivity index (χ0n) is 13.2.